The van der Waals surface area contributed by atoms with Crippen molar-refractivity contribution >= 4 is 11.3 Å². The van der Waals surface area contributed by atoms with Gasteiger partial charge in [0.1, 0.15) is 0 Å². The molecule has 2 rings (SSSR count). The lowest BCUT2D eigenvalue weighted by molar-refractivity contribution is 0.541. The Balaban J connectivity index is 1.79. The zero-order valence-corrected chi connectivity index (χ0v) is 9.31. The summed E-state index contributed by atoms with van der Waals surface area (Å²) in [5, 5.41) is 4.79. The normalized spacial score (nSPS) is 16.6. The Morgan fingerprint density at radius 2 is 2.29 bits per heavy atom. The molecule has 0 bridgehead atoms. The SMILES string of the molecule is CCc1ncc(CNC2CC=CC2)s1. The van der Waals surface area contributed by atoms with Crippen molar-refractivity contribution in [3.8, 4) is 0 Å². The maximum Gasteiger partial charge on any atom is 0.0925 e. The molecule has 0 amide bonds. The van der Waals surface area contributed by atoms with Gasteiger partial charge in [-0.1, -0.05) is 19.1 Å². The molecule has 0 spiro atoms. The lowest BCUT2D eigenvalue weighted by atomic mass is 10.2. The number of aromatic nitrogens is 1. The van der Waals surface area contributed by atoms with E-state index in [0.29, 0.717) is 6.04 Å². The summed E-state index contributed by atoms with van der Waals surface area (Å²) in [4.78, 5) is 5.70. The fraction of sp³-hybridized carbons (Fsp3) is 0.545. The van der Waals surface area contributed by atoms with Crippen LogP contribution in [0.15, 0.2) is 18.3 Å². The van der Waals surface area contributed by atoms with Crippen LogP contribution in [0.25, 0.3) is 0 Å². The molecule has 2 nitrogen and oxygen atoms in total. The second kappa shape index (κ2) is 4.71. The van der Waals surface area contributed by atoms with Crippen molar-refractivity contribution in [3.63, 3.8) is 0 Å². The van der Waals surface area contributed by atoms with Crippen molar-refractivity contribution in [3.05, 3.63) is 28.2 Å². The Morgan fingerprint density at radius 3 is 2.93 bits per heavy atom. The highest BCUT2D eigenvalue weighted by atomic mass is 32.1. The molecule has 0 fully saturated rings. The maximum absolute atomic E-state index is 4.34. The van der Waals surface area contributed by atoms with Crippen LogP contribution >= 0.6 is 11.3 Å². The third kappa shape index (κ3) is 2.42. The largest absolute Gasteiger partial charge is 0.308 e. The van der Waals surface area contributed by atoms with E-state index >= 15 is 0 Å². The minimum Gasteiger partial charge on any atom is -0.308 e. The quantitative estimate of drug-likeness (QED) is 0.769. The molecule has 14 heavy (non-hydrogen) atoms. The van der Waals surface area contributed by atoms with Gasteiger partial charge < -0.3 is 5.32 Å². The molecular weight excluding hydrogens is 192 g/mol. The van der Waals surface area contributed by atoms with E-state index < -0.39 is 0 Å². The fourth-order valence-electron chi connectivity index (χ4n) is 1.62. The summed E-state index contributed by atoms with van der Waals surface area (Å²) in [6, 6.07) is 0.655. The molecule has 76 valence electrons. The van der Waals surface area contributed by atoms with E-state index in [1.54, 1.807) is 0 Å². The highest BCUT2D eigenvalue weighted by molar-refractivity contribution is 7.11. The van der Waals surface area contributed by atoms with Crippen LogP contribution in [0, 0.1) is 0 Å². The summed E-state index contributed by atoms with van der Waals surface area (Å²) in [5.74, 6) is 0. The lowest BCUT2D eigenvalue weighted by Crippen LogP contribution is -2.25. The number of rotatable bonds is 4. The summed E-state index contributed by atoms with van der Waals surface area (Å²) in [6.07, 6.45) is 9.91. The van der Waals surface area contributed by atoms with Gasteiger partial charge in [0.2, 0.25) is 0 Å². The lowest BCUT2D eigenvalue weighted by Gasteiger charge is -2.09. The number of nitrogens with one attached hydrogen (secondary N) is 1. The number of hydrogen-bond donors (Lipinski definition) is 1. The number of aryl methyl sites for hydroxylation is 1. The second-order valence-electron chi connectivity index (χ2n) is 3.59. The predicted octanol–water partition coefficient (Wildman–Crippen LogP) is 2.51. The van der Waals surface area contributed by atoms with E-state index in [-0.39, 0.29) is 0 Å². The van der Waals surface area contributed by atoms with Crippen LogP contribution in [-0.2, 0) is 13.0 Å². The van der Waals surface area contributed by atoms with Crippen molar-refractivity contribution in [2.24, 2.45) is 0 Å². The molecule has 1 aliphatic carbocycles. The van der Waals surface area contributed by atoms with E-state index in [2.05, 4.69) is 29.4 Å². The van der Waals surface area contributed by atoms with E-state index in [1.165, 1.54) is 22.7 Å². The van der Waals surface area contributed by atoms with Gasteiger partial charge in [-0.15, -0.1) is 11.3 Å². The highest BCUT2D eigenvalue weighted by Crippen LogP contribution is 2.15. The van der Waals surface area contributed by atoms with Gasteiger partial charge in [0.25, 0.3) is 0 Å². The van der Waals surface area contributed by atoms with Gasteiger partial charge in [-0.2, -0.15) is 0 Å². The summed E-state index contributed by atoms with van der Waals surface area (Å²) in [6.45, 7) is 3.13. The van der Waals surface area contributed by atoms with Gasteiger partial charge in [0.15, 0.2) is 0 Å². The Kier molecular flexibility index (Phi) is 3.32. The predicted molar refractivity (Wildman–Crippen MR) is 60.5 cm³/mol. The minimum absolute atomic E-state index is 0.655. The highest BCUT2D eigenvalue weighted by Gasteiger charge is 2.09. The zero-order valence-electron chi connectivity index (χ0n) is 8.49. The first-order valence-corrected chi connectivity index (χ1v) is 6.02. The molecule has 1 aromatic rings. The van der Waals surface area contributed by atoms with Crippen LogP contribution in [0.4, 0.5) is 0 Å². The first kappa shape index (κ1) is 9.87. The molecule has 0 unspecified atom stereocenters. The van der Waals surface area contributed by atoms with Crippen molar-refractivity contribution in [2.75, 3.05) is 0 Å². The van der Waals surface area contributed by atoms with Crippen LogP contribution in [0.2, 0.25) is 0 Å². The molecule has 3 heteroatoms. The first-order valence-electron chi connectivity index (χ1n) is 5.20. The van der Waals surface area contributed by atoms with Crippen molar-refractivity contribution in [1.29, 1.82) is 0 Å². The molecular formula is C11H16N2S. The van der Waals surface area contributed by atoms with Crippen LogP contribution in [0.5, 0.6) is 0 Å². The molecule has 0 saturated carbocycles. The van der Waals surface area contributed by atoms with Crippen LogP contribution < -0.4 is 5.32 Å². The number of hydrogen-bond acceptors (Lipinski definition) is 3. The fourth-order valence-corrected chi connectivity index (χ4v) is 2.44. The van der Waals surface area contributed by atoms with Crippen LogP contribution in [0.3, 0.4) is 0 Å². The zero-order chi connectivity index (χ0) is 9.80. The molecule has 0 atom stereocenters. The number of nitrogens with zero attached hydrogens (tertiary/aromatic N) is 1. The Morgan fingerprint density at radius 1 is 1.50 bits per heavy atom. The molecule has 1 heterocycles. The first-order chi connectivity index (χ1) is 6.88. The van der Waals surface area contributed by atoms with Gasteiger partial charge in [-0.05, 0) is 19.3 Å². The molecule has 0 aromatic carbocycles. The van der Waals surface area contributed by atoms with Crippen LogP contribution in [-0.4, -0.2) is 11.0 Å². The summed E-state index contributed by atoms with van der Waals surface area (Å²) in [7, 11) is 0. The molecule has 0 saturated heterocycles. The van der Waals surface area contributed by atoms with Crippen molar-refractivity contribution < 1.29 is 0 Å². The van der Waals surface area contributed by atoms with Gasteiger partial charge in [0, 0.05) is 23.7 Å². The monoisotopic (exact) mass is 208 g/mol. The van der Waals surface area contributed by atoms with E-state index in [0.717, 1.165) is 13.0 Å². The number of thiazole rings is 1. The maximum atomic E-state index is 4.34. The van der Waals surface area contributed by atoms with Gasteiger partial charge in [-0.25, -0.2) is 4.98 Å². The average molecular weight is 208 g/mol. The van der Waals surface area contributed by atoms with E-state index in [4.69, 9.17) is 0 Å². The van der Waals surface area contributed by atoms with Crippen LogP contribution in [0.1, 0.15) is 29.7 Å². The summed E-state index contributed by atoms with van der Waals surface area (Å²) >= 11 is 1.82. The Hall–Kier alpha value is -0.670. The molecule has 1 aliphatic rings. The average Bonchev–Trinajstić information content (AvgIpc) is 2.86. The molecule has 0 radical (unpaired) electrons. The van der Waals surface area contributed by atoms with E-state index in [9.17, 15) is 0 Å². The van der Waals surface area contributed by atoms with Gasteiger partial charge in [0.05, 0.1) is 5.01 Å². The Labute approximate surface area is 89.1 Å². The molecule has 0 aliphatic heterocycles. The smallest absolute Gasteiger partial charge is 0.0925 e. The third-order valence-electron chi connectivity index (χ3n) is 2.48. The van der Waals surface area contributed by atoms with Gasteiger partial charge in [-0.3, -0.25) is 0 Å². The van der Waals surface area contributed by atoms with E-state index in [1.807, 2.05) is 17.5 Å². The topological polar surface area (TPSA) is 24.9 Å². The van der Waals surface area contributed by atoms with Crippen molar-refractivity contribution in [2.45, 2.75) is 38.8 Å². The minimum atomic E-state index is 0.655. The second-order valence-corrected chi connectivity index (χ2v) is 4.79. The molecule has 1 aromatic heterocycles. The standard InChI is InChI=1S/C11H16N2S/c1-2-11-13-8-10(14-11)7-12-9-5-3-4-6-9/h3-4,8-9,12H,2,5-7H2,1H3. The Bertz CT molecular complexity index is 309. The molecule has 1 N–H and O–H groups in total. The third-order valence-corrected chi connectivity index (χ3v) is 3.62. The van der Waals surface area contributed by atoms with Crippen molar-refractivity contribution in [1.82, 2.24) is 10.3 Å². The summed E-state index contributed by atoms with van der Waals surface area (Å²) in [5.41, 5.74) is 0. The summed E-state index contributed by atoms with van der Waals surface area (Å²) < 4.78 is 0. The van der Waals surface area contributed by atoms with Gasteiger partial charge >= 0.3 is 0 Å².